The SMILES string of the molecule is CC(C)(C)OC(=O)N1CC(C#N)(CC[C@H](F)I)C1. The molecule has 1 heterocycles. The highest BCUT2D eigenvalue weighted by Crippen LogP contribution is 2.36. The van der Waals surface area contributed by atoms with Crippen LogP contribution in [0.3, 0.4) is 0 Å². The van der Waals surface area contributed by atoms with E-state index in [9.17, 15) is 9.18 Å². The molecule has 0 aromatic heterocycles. The summed E-state index contributed by atoms with van der Waals surface area (Å²) in [7, 11) is 0. The van der Waals surface area contributed by atoms with Crippen LogP contribution in [0, 0.1) is 16.7 Å². The van der Waals surface area contributed by atoms with Crippen LogP contribution < -0.4 is 0 Å². The zero-order valence-electron chi connectivity index (χ0n) is 10.9. The topological polar surface area (TPSA) is 53.3 Å². The van der Waals surface area contributed by atoms with Gasteiger partial charge in [0.05, 0.1) is 11.5 Å². The van der Waals surface area contributed by atoms with Crippen LogP contribution in [0.15, 0.2) is 0 Å². The third kappa shape index (κ3) is 4.26. The van der Waals surface area contributed by atoms with E-state index in [1.54, 1.807) is 43.4 Å². The molecular weight excluding hydrogens is 350 g/mol. The first kappa shape index (κ1) is 15.5. The minimum atomic E-state index is -0.941. The summed E-state index contributed by atoms with van der Waals surface area (Å²) in [4.78, 5) is 13.2. The number of halogens is 2. The molecule has 1 saturated heterocycles. The first-order chi connectivity index (χ1) is 8.17. The monoisotopic (exact) mass is 368 g/mol. The van der Waals surface area contributed by atoms with E-state index in [2.05, 4.69) is 6.07 Å². The van der Waals surface area contributed by atoms with Gasteiger partial charge in [0.2, 0.25) is 0 Å². The van der Waals surface area contributed by atoms with Gasteiger partial charge in [-0.05, 0) is 56.2 Å². The Kier molecular flexibility index (Phi) is 4.81. The molecule has 0 radical (unpaired) electrons. The molecule has 1 rings (SSSR count). The predicted octanol–water partition coefficient (Wildman–Crippen LogP) is 3.26. The van der Waals surface area contributed by atoms with Gasteiger partial charge in [-0.15, -0.1) is 0 Å². The second-order valence-corrected chi connectivity index (χ2v) is 7.01. The van der Waals surface area contributed by atoms with E-state index in [1.807, 2.05) is 0 Å². The maximum atomic E-state index is 12.8. The molecule has 18 heavy (non-hydrogen) atoms. The molecule has 0 unspecified atom stereocenters. The molecule has 1 fully saturated rings. The zero-order valence-corrected chi connectivity index (χ0v) is 13.0. The Morgan fingerprint density at radius 1 is 1.61 bits per heavy atom. The largest absolute Gasteiger partial charge is 0.444 e. The second kappa shape index (κ2) is 5.59. The average molecular weight is 368 g/mol. The fourth-order valence-electron chi connectivity index (χ4n) is 1.81. The maximum Gasteiger partial charge on any atom is 0.410 e. The van der Waals surface area contributed by atoms with Crippen molar-refractivity contribution in [3.63, 3.8) is 0 Å². The molecule has 0 saturated carbocycles. The Labute approximate surface area is 121 Å². The summed E-state index contributed by atoms with van der Waals surface area (Å²) in [6.45, 7) is 6.06. The predicted molar refractivity (Wildman–Crippen MR) is 74.0 cm³/mol. The van der Waals surface area contributed by atoms with Gasteiger partial charge >= 0.3 is 6.09 Å². The summed E-state index contributed by atoms with van der Waals surface area (Å²) in [6, 6.07) is 2.20. The van der Waals surface area contributed by atoms with Crippen LogP contribution in [-0.2, 0) is 4.74 Å². The number of nitrogens with zero attached hydrogens (tertiary/aromatic N) is 2. The van der Waals surface area contributed by atoms with Crippen LogP contribution in [0.2, 0.25) is 0 Å². The van der Waals surface area contributed by atoms with E-state index < -0.39 is 21.3 Å². The number of nitriles is 1. The molecule has 0 aliphatic carbocycles. The Morgan fingerprint density at radius 3 is 2.56 bits per heavy atom. The van der Waals surface area contributed by atoms with Gasteiger partial charge in [-0.2, -0.15) is 5.26 Å². The number of carbonyl (C=O) groups excluding carboxylic acids is 1. The zero-order chi connectivity index (χ0) is 14.0. The van der Waals surface area contributed by atoms with E-state index in [4.69, 9.17) is 10.00 Å². The lowest BCUT2D eigenvalue weighted by Crippen LogP contribution is -2.58. The van der Waals surface area contributed by atoms with Gasteiger partial charge in [-0.1, -0.05) is 0 Å². The van der Waals surface area contributed by atoms with Crippen molar-refractivity contribution in [1.29, 1.82) is 5.26 Å². The number of alkyl halides is 2. The molecule has 1 aliphatic rings. The van der Waals surface area contributed by atoms with Crippen molar-refractivity contribution in [1.82, 2.24) is 4.90 Å². The number of ether oxygens (including phenoxy) is 1. The van der Waals surface area contributed by atoms with Gasteiger partial charge in [0.15, 0.2) is 4.18 Å². The number of rotatable bonds is 3. The molecule has 102 valence electrons. The number of likely N-dealkylation sites (tertiary alicyclic amines) is 1. The Bertz CT molecular complexity index is 354. The van der Waals surface area contributed by atoms with Crippen molar-refractivity contribution in [3.8, 4) is 6.07 Å². The molecule has 0 aromatic carbocycles. The summed E-state index contributed by atoms with van der Waals surface area (Å²) in [5.74, 6) is 0. The molecule has 1 amide bonds. The number of hydrogen-bond acceptors (Lipinski definition) is 3. The molecule has 0 spiro atoms. The van der Waals surface area contributed by atoms with Crippen LogP contribution >= 0.6 is 22.6 Å². The third-order valence-corrected chi connectivity index (χ3v) is 3.34. The highest BCUT2D eigenvalue weighted by molar-refractivity contribution is 14.1. The van der Waals surface area contributed by atoms with Gasteiger partial charge in [0.25, 0.3) is 0 Å². The molecule has 0 bridgehead atoms. The van der Waals surface area contributed by atoms with Crippen molar-refractivity contribution in [2.24, 2.45) is 5.41 Å². The lowest BCUT2D eigenvalue weighted by Gasteiger charge is -2.45. The van der Waals surface area contributed by atoms with Gasteiger partial charge < -0.3 is 9.64 Å². The molecule has 4 nitrogen and oxygen atoms in total. The van der Waals surface area contributed by atoms with Crippen molar-refractivity contribution in [3.05, 3.63) is 0 Å². The van der Waals surface area contributed by atoms with Gasteiger partial charge in [-0.25, -0.2) is 9.18 Å². The fourth-order valence-corrected chi connectivity index (χ4v) is 2.12. The summed E-state index contributed by atoms with van der Waals surface area (Å²) in [5.41, 5.74) is -1.12. The first-order valence-corrected chi connectivity index (χ1v) is 7.09. The standard InChI is InChI=1S/C12H18FIN2O2/c1-11(2,3)18-10(17)16-7-12(6-15,8-16)5-4-9(13)14/h9H,4-5,7-8H2,1-3H3/t9-/m1/s1. The second-order valence-electron chi connectivity index (χ2n) is 5.66. The van der Waals surface area contributed by atoms with E-state index in [0.717, 1.165) is 0 Å². The van der Waals surface area contributed by atoms with Crippen LogP contribution in [0.5, 0.6) is 0 Å². The molecule has 0 N–H and O–H groups in total. The van der Waals surface area contributed by atoms with E-state index in [-0.39, 0.29) is 0 Å². The summed E-state index contributed by atoms with van der Waals surface area (Å²) < 4.78 is 17.0. The highest BCUT2D eigenvalue weighted by atomic mass is 127. The summed E-state index contributed by atoms with van der Waals surface area (Å²) in [6.07, 6.45) is 0.419. The van der Waals surface area contributed by atoms with Crippen molar-refractivity contribution in [2.45, 2.75) is 43.4 Å². The van der Waals surface area contributed by atoms with E-state index in [1.165, 1.54) is 4.90 Å². The highest BCUT2D eigenvalue weighted by Gasteiger charge is 2.46. The van der Waals surface area contributed by atoms with Crippen LogP contribution in [0.1, 0.15) is 33.6 Å². The van der Waals surface area contributed by atoms with Crippen LogP contribution in [-0.4, -0.2) is 33.9 Å². The van der Waals surface area contributed by atoms with Crippen LogP contribution in [0.25, 0.3) is 0 Å². The van der Waals surface area contributed by atoms with Crippen molar-refractivity contribution < 1.29 is 13.9 Å². The number of carbonyl (C=O) groups is 1. The van der Waals surface area contributed by atoms with Gasteiger partial charge in [-0.3, -0.25) is 0 Å². The Morgan fingerprint density at radius 2 is 2.17 bits per heavy atom. The fraction of sp³-hybridized carbons (Fsp3) is 0.833. The Hall–Kier alpha value is -0.580. The molecule has 1 aliphatic heterocycles. The van der Waals surface area contributed by atoms with Gasteiger partial charge in [0, 0.05) is 13.1 Å². The molecule has 1 atom stereocenters. The van der Waals surface area contributed by atoms with Crippen molar-refractivity contribution >= 4 is 28.7 Å². The third-order valence-electron chi connectivity index (χ3n) is 2.72. The number of amides is 1. The van der Waals surface area contributed by atoms with Crippen LogP contribution in [0.4, 0.5) is 9.18 Å². The smallest absolute Gasteiger partial charge is 0.410 e. The quantitative estimate of drug-likeness (QED) is 0.568. The lowest BCUT2D eigenvalue weighted by atomic mass is 9.77. The van der Waals surface area contributed by atoms with Crippen molar-refractivity contribution in [2.75, 3.05) is 13.1 Å². The molecule has 0 aromatic rings. The molecular formula is C12H18FIN2O2. The van der Waals surface area contributed by atoms with Gasteiger partial charge in [0.1, 0.15) is 5.60 Å². The minimum Gasteiger partial charge on any atom is -0.444 e. The van der Waals surface area contributed by atoms with E-state index in [0.29, 0.717) is 25.9 Å². The Balaban J connectivity index is 2.45. The lowest BCUT2D eigenvalue weighted by molar-refractivity contribution is -0.0192. The summed E-state index contributed by atoms with van der Waals surface area (Å²) in [5, 5.41) is 9.13. The normalized spacial score (nSPS) is 19.7. The number of hydrogen-bond donors (Lipinski definition) is 0. The average Bonchev–Trinajstić information content (AvgIpc) is 2.13. The maximum absolute atomic E-state index is 12.8. The minimum absolute atomic E-state index is 0.335. The summed E-state index contributed by atoms with van der Waals surface area (Å²) >= 11 is 1.69. The van der Waals surface area contributed by atoms with E-state index >= 15 is 0 Å². The first-order valence-electron chi connectivity index (χ1n) is 5.85. The molecule has 6 heteroatoms.